The van der Waals surface area contributed by atoms with Gasteiger partial charge in [0.2, 0.25) is 0 Å². The lowest BCUT2D eigenvalue weighted by Gasteiger charge is -2.13. The minimum absolute atomic E-state index is 0.572. The van der Waals surface area contributed by atoms with Gasteiger partial charge in [0, 0.05) is 67.3 Å². The van der Waals surface area contributed by atoms with Crippen molar-refractivity contribution in [3.63, 3.8) is 0 Å². The molecule has 0 radical (unpaired) electrons. The molecule has 6 aromatic heterocycles. The summed E-state index contributed by atoms with van der Waals surface area (Å²) in [7, 11) is 0. The Bertz CT molecular complexity index is 6990. The Hall–Kier alpha value is -15.3. The Balaban J connectivity index is 0.000000147. The maximum atomic E-state index is 5.15. The molecule has 0 fully saturated rings. The van der Waals surface area contributed by atoms with Gasteiger partial charge in [-0.25, -0.2) is 39.9 Å². The monoisotopic (exact) mass is 1430 g/mol. The van der Waals surface area contributed by atoms with Crippen LogP contribution in [0.2, 0.25) is 0 Å². The van der Waals surface area contributed by atoms with Crippen LogP contribution in [0, 0.1) is 0 Å². The van der Waals surface area contributed by atoms with Crippen LogP contribution in [-0.4, -0.2) is 49.0 Å². The van der Waals surface area contributed by atoms with Crippen molar-refractivity contribution in [1.82, 2.24) is 49.0 Å². The van der Waals surface area contributed by atoms with Gasteiger partial charge >= 0.3 is 0 Å². The van der Waals surface area contributed by atoms with Crippen molar-refractivity contribution < 1.29 is 0 Å². The molecule has 0 atom stereocenters. The number of aromatic nitrogens is 10. The van der Waals surface area contributed by atoms with E-state index in [1.54, 1.807) is 0 Å². The number of pyridine rings is 2. The van der Waals surface area contributed by atoms with Gasteiger partial charge in [-0.2, -0.15) is 0 Å². The van der Waals surface area contributed by atoms with Gasteiger partial charge in [-0.3, -0.25) is 9.13 Å². The molecule has 0 spiro atoms. The highest BCUT2D eigenvalue weighted by molar-refractivity contribution is 6.26. The first kappa shape index (κ1) is 66.2. The summed E-state index contributed by atoms with van der Waals surface area (Å²) in [4.78, 5) is 40.3. The third kappa shape index (κ3) is 12.4. The van der Waals surface area contributed by atoms with E-state index >= 15 is 0 Å². The molecule has 0 bridgehead atoms. The molecule has 0 aliphatic heterocycles. The minimum Gasteiger partial charge on any atom is -0.294 e. The second-order valence-corrected chi connectivity index (χ2v) is 27.8. The van der Waals surface area contributed by atoms with Gasteiger partial charge in [-0.05, 0) is 126 Å². The molecule has 6 heterocycles. The Morgan fingerprint density at radius 3 is 0.857 bits per heavy atom. The summed E-state index contributed by atoms with van der Waals surface area (Å²) >= 11 is 0. The Morgan fingerprint density at radius 1 is 0.170 bits per heavy atom. The van der Waals surface area contributed by atoms with Crippen molar-refractivity contribution in [2.24, 2.45) is 0 Å². The molecule has 21 aromatic rings. The number of fused-ring (bicyclic) bond motifs is 10. The van der Waals surface area contributed by atoms with Gasteiger partial charge in [0.1, 0.15) is 11.6 Å². The molecule has 0 aliphatic rings. The first-order chi connectivity index (χ1) is 55.5. The average molecular weight is 1430 g/mol. The molecule has 0 saturated carbocycles. The first-order valence-electron chi connectivity index (χ1n) is 37.5. The number of hydrogen-bond donors (Lipinski definition) is 0. The Kier molecular flexibility index (Phi) is 17.0. The van der Waals surface area contributed by atoms with Crippen LogP contribution >= 0.6 is 0 Å². The molecule has 0 amide bonds. The van der Waals surface area contributed by atoms with Crippen LogP contribution in [0.4, 0.5) is 0 Å². The lowest BCUT2D eigenvalue weighted by molar-refractivity contribution is 1.05. The zero-order chi connectivity index (χ0) is 74.3. The molecule has 524 valence electrons. The molecule has 0 unspecified atom stereocenters. The number of benzene rings is 15. The standard InChI is InChI=1S/C54H35N5.C48H31N5/c1-5-15-36(16-6-1)38-25-27-41(28-26-38)53-56-52(40-21-11-4-12-22-40)57-54(58-53)43-31-32-55-50(34-43)59-48-33-42(37-17-7-2-8-18-37)29-30-46(48)51-45-24-14-13-23-44(45)47(35-49(51)59)39-19-9-3-10-20-39;1-5-15-32(16-6-1)36-25-27-40-42(29-36)53(43-30-41(33-17-7-2-8-18-33)38-23-13-14-24-39(38)45(40)43)44-28-26-37(31-49-44)48-51-46(34-19-9-3-10-20-34)50-47(52-48)35-21-11-4-12-22-35/h1-35H;1-31H. The van der Waals surface area contributed by atoms with Crippen molar-refractivity contribution in [3.8, 4) is 136 Å². The summed E-state index contributed by atoms with van der Waals surface area (Å²) in [5, 5.41) is 9.58. The lowest BCUT2D eigenvalue weighted by atomic mass is 9.94. The second kappa shape index (κ2) is 28.8. The fraction of sp³-hybridized carbons (Fsp3) is 0. The Labute approximate surface area is 646 Å². The molecular weight excluding hydrogens is 1370 g/mol. The maximum absolute atomic E-state index is 5.15. The van der Waals surface area contributed by atoms with Gasteiger partial charge in [0.25, 0.3) is 0 Å². The molecule has 10 nitrogen and oxygen atoms in total. The van der Waals surface area contributed by atoms with Crippen molar-refractivity contribution >= 4 is 65.2 Å². The normalized spacial score (nSPS) is 11.4. The van der Waals surface area contributed by atoms with Gasteiger partial charge in [0.15, 0.2) is 34.9 Å². The average Bonchev–Trinajstić information content (AvgIpc) is 1.57. The zero-order valence-corrected chi connectivity index (χ0v) is 60.6. The smallest absolute Gasteiger partial charge is 0.165 e. The van der Waals surface area contributed by atoms with E-state index in [-0.39, 0.29) is 0 Å². The summed E-state index contributed by atoms with van der Waals surface area (Å²) in [5.74, 6) is 5.19. The van der Waals surface area contributed by atoms with Crippen LogP contribution in [-0.2, 0) is 0 Å². The number of nitrogens with zero attached hydrogens (tertiary/aromatic N) is 10. The fourth-order valence-corrected chi connectivity index (χ4v) is 15.6. The largest absolute Gasteiger partial charge is 0.294 e. The summed E-state index contributed by atoms with van der Waals surface area (Å²) in [5.41, 5.74) is 21.3. The van der Waals surface area contributed by atoms with Gasteiger partial charge < -0.3 is 0 Å². The van der Waals surface area contributed by atoms with Crippen LogP contribution in [0.1, 0.15) is 0 Å². The van der Waals surface area contributed by atoms with Crippen LogP contribution in [0.3, 0.4) is 0 Å². The Morgan fingerprint density at radius 2 is 0.464 bits per heavy atom. The second-order valence-electron chi connectivity index (χ2n) is 27.8. The highest BCUT2D eigenvalue weighted by Crippen LogP contribution is 2.45. The summed E-state index contributed by atoms with van der Waals surface area (Å²) < 4.78 is 4.61. The maximum Gasteiger partial charge on any atom is 0.165 e. The summed E-state index contributed by atoms with van der Waals surface area (Å²) in [6.07, 6.45) is 3.74. The SMILES string of the molecule is c1ccc(-c2ccc(-c3nc(-c4ccccc4)nc(-c4ccnc(-n5c6cc(-c7ccccc7)ccc6c6c7ccccc7c(-c7ccccc7)cc65)c4)n3)cc2)cc1.c1ccc(-c2ccc3c4c5ccccc5c(-c5ccccc5)cc4n(-c4ccc(-c5nc(-c6ccccc6)nc(-c6ccccc6)n5)cn4)c3c2)cc1. The fourth-order valence-electron chi connectivity index (χ4n) is 15.6. The molecule has 0 N–H and O–H groups in total. The van der Waals surface area contributed by atoms with E-state index in [9.17, 15) is 0 Å². The van der Waals surface area contributed by atoms with E-state index < -0.39 is 0 Å². The van der Waals surface area contributed by atoms with Crippen LogP contribution < -0.4 is 0 Å². The van der Waals surface area contributed by atoms with E-state index in [4.69, 9.17) is 39.9 Å². The molecule has 112 heavy (non-hydrogen) atoms. The van der Waals surface area contributed by atoms with Gasteiger partial charge in [-0.1, -0.05) is 340 Å². The topological polar surface area (TPSA) is 113 Å². The zero-order valence-electron chi connectivity index (χ0n) is 60.6. The third-order valence-corrected chi connectivity index (χ3v) is 21.0. The molecule has 21 rings (SSSR count). The highest BCUT2D eigenvalue weighted by atomic mass is 15.1. The lowest BCUT2D eigenvalue weighted by Crippen LogP contribution is -2.02. The van der Waals surface area contributed by atoms with Gasteiger partial charge in [0.05, 0.1) is 22.1 Å². The molecule has 0 saturated heterocycles. The molecule has 15 aromatic carbocycles. The van der Waals surface area contributed by atoms with Crippen molar-refractivity contribution in [3.05, 3.63) is 401 Å². The van der Waals surface area contributed by atoms with E-state index in [0.29, 0.717) is 34.9 Å². The predicted molar refractivity (Wildman–Crippen MR) is 459 cm³/mol. The van der Waals surface area contributed by atoms with Gasteiger partial charge in [-0.15, -0.1) is 0 Å². The number of hydrogen-bond acceptors (Lipinski definition) is 8. The van der Waals surface area contributed by atoms with Crippen LogP contribution in [0.5, 0.6) is 0 Å². The van der Waals surface area contributed by atoms with Crippen molar-refractivity contribution in [1.29, 1.82) is 0 Å². The van der Waals surface area contributed by atoms with E-state index in [2.05, 4.69) is 294 Å². The quantitative estimate of drug-likeness (QED) is 0.112. The predicted octanol–water partition coefficient (Wildman–Crippen LogP) is 25.4. The molecular formula is C102H66N10. The first-order valence-corrected chi connectivity index (χ1v) is 37.5. The summed E-state index contributed by atoms with van der Waals surface area (Å²) in [6, 6.07) is 135. The highest BCUT2D eigenvalue weighted by Gasteiger charge is 2.24. The van der Waals surface area contributed by atoms with Crippen LogP contribution in [0.25, 0.3) is 201 Å². The summed E-state index contributed by atoms with van der Waals surface area (Å²) in [6.45, 7) is 0. The van der Waals surface area contributed by atoms with E-state index in [1.165, 1.54) is 60.0 Å². The van der Waals surface area contributed by atoms with Crippen molar-refractivity contribution in [2.45, 2.75) is 0 Å². The molecule has 0 aliphatic carbocycles. The van der Waals surface area contributed by atoms with E-state index in [0.717, 1.165) is 106 Å². The third-order valence-electron chi connectivity index (χ3n) is 21.0. The van der Waals surface area contributed by atoms with Crippen LogP contribution in [0.15, 0.2) is 401 Å². The minimum atomic E-state index is 0.572. The van der Waals surface area contributed by atoms with E-state index in [1.807, 2.05) is 116 Å². The molecule has 10 heteroatoms. The number of rotatable bonds is 13. The van der Waals surface area contributed by atoms with Crippen molar-refractivity contribution in [2.75, 3.05) is 0 Å².